The van der Waals surface area contributed by atoms with E-state index in [1.54, 1.807) is 0 Å². The number of phosphoric ester groups is 1. The van der Waals surface area contributed by atoms with Gasteiger partial charge >= 0.3 is 19.8 Å². The highest BCUT2D eigenvalue weighted by Crippen LogP contribution is 2.47. The molecule has 13 nitrogen and oxygen atoms in total. The molecule has 14 heteroatoms. The fourth-order valence-corrected chi connectivity index (χ4v) is 7.66. The fraction of sp³-hybridized carbons (Fsp3) is 0.783. The van der Waals surface area contributed by atoms with Gasteiger partial charge in [-0.05, 0) is 51.4 Å². The Labute approximate surface area is 360 Å². The van der Waals surface area contributed by atoms with Crippen LogP contribution in [-0.4, -0.2) is 98.3 Å². The first-order chi connectivity index (χ1) is 28.9. The summed E-state index contributed by atoms with van der Waals surface area (Å²) in [5, 5.41) is 50.1. The Kier molecular flexibility index (Phi) is 33.8. The monoisotopic (exact) mass is 873 g/mol. The van der Waals surface area contributed by atoms with E-state index in [1.807, 2.05) is 12.2 Å². The number of aliphatic hydroxyl groups is 5. The first-order valence-corrected chi connectivity index (χ1v) is 24.4. The summed E-state index contributed by atoms with van der Waals surface area (Å²) in [6.45, 7) is 3.22. The van der Waals surface area contributed by atoms with E-state index >= 15 is 0 Å². The maximum absolute atomic E-state index is 12.8. The van der Waals surface area contributed by atoms with Crippen LogP contribution in [0.2, 0.25) is 0 Å². The van der Waals surface area contributed by atoms with Crippen LogP contribution in [0.5, 0.6) is 0 Å². The van der Waals surface area contributed by atoms with Crippen molar-refractivity contribution in [2.45, 2.75) is 217 Å². The lowest BCUT2D eigenvalue weighted by Crippen LogP contribution is -2.64. The SMILES string of the molecule is CCCCCCCCC/C=C/C/C=C/C/C=C/C/C=C/CCCC(=O)O[C@H](COC(=O)CCCCCCCCCCCC)COP(=O)(O)OC1C(O)C(O)C(O)[C@H](O)C1O. The van der Waals surface area contributed by atoms with Crippen molar-refractivity contribution in [2.24, 2.45) is 0 Å². The second-order valence-electron chi connectivity index (χ2n) is 15.9. The fourth-order valence-electron chi connectivity index (χ4n) is 6.69. The lowest BCUT2D eigenvalue weighted by molar-refractivity contribution is -0.220. The predicted molar refractivity (Wildman–Crippen MR) is 235 cm³/mol. The molecule has 0 spiro atoms. The van der Waals surface area contributed by atoms with Gasteiger partial charge in [-0.3, -0.25) is 18.6 Å². The Morgan fingerprint density at radius 3 is 1.42 bits per heavy atom. The Morgan fingerprint density at radius 1 is 0.517 bits per heavy atom. The summed E-state index contributed by atoms with van der Waals surface area (Å²) in [6.07, 6.45) is 29.0. The number of aliphatic hydroxyl groups excluding tert-OH is 5. The Morgan fingerprint density at radius 2 is 0.917 bits per heavy atom. The van der Waals surface area contributed by atoms with Crippen LogP contribution in [0.4, 0.5) is 0 Å². The molecule has 1 rings (SSSR count). The van der Waals surface area contributed by atoms with Gasteiger partial charge in [0.15, 0.2) is 6.10 Å². The van der Waals surface area contributed by atoms with E-state index in [2.05, 4.69) is 50.3 Å². The van der Waals surface area contributed by atoms with Crippen molar-refractivity contribution in [1.29, 1.82) is 0 Å². The quantitative estimate of drug-likeness (QED) is 0.0149. The van der Waals surface area contributed by atoms with Crippen molar-refractivity contribution in [2.75, 3.05) is 13.2 Å². The van der Waals surface area contributed by atoms with Gasteiger partial charge in [0.1, 0.15) is 43.2 Å². The third-order valence-corrected chi connectivity index (χ3v) is 11.4. The molecule has 1 aliphatic carbocycles. The zero-order chi connectivity index (χ0) is 44.3. The number of hydrogen-bond donors (Lipinski definition) is 6. The largest absolute Gasteiger partial charge is 0.472 e. The minimum absolute atomic E-state index is 0.0212. The third-order valence-electron chi connectivity index (χ3n) is 10.4. The molecule has 1 fully saturated rings. The average Bonchev–Trinajstić information content (AvgIpc) is 3.23. The average molecular weight is 873 g/mol. The van der Waals surface area contributed by atoms with Gasteiger partial charge in [0.05, 0.1) is 6.61 Å². The molecule has 0 radical (unpaired) electrons. The van der Waals surface area contributed by atoms with E-state index in [0.717, 1.165) is 44.9 Å². The van der Waals surface area contributed by atoms with Gasteiger partial charge < -0.3 is 39.9 Å². The van der Waals surface area contributed by atoms with Crippen LogP contribution in [0.15, 0.2) is 48.6 Å². The topological polar surface area (TPSA) is 210 Å². The standard InChI is InChI=1S/C46H81O13P/c1-3-5-7-9-11-13-15-16-17-18-19-20-21-22-23-24-25-27-29-31-33-35-40(48)58-38(36-56-39(47)34-32-30-28-26-14-12-10-8-6-4-2)37-57-60(54,55)59-46-44(52)42(50)41(49)43(51)45(46)53/h17-18,20-21,23-24,27,29,38,41-46,49-53H,3-16,19,22,25-26,28,30-37H2,1-2H3,(H,54,55)/b18-17+,21-20+,24-23+,29-27+/t38-,41?,42+,43?,44?,45?,46?/m1/s1. The van der Waals surface area contributed by atoms with Crippen molar-refractivity contribution in [1.82, 2.24) is 0 Å². The minimum atomic E-state index is -5.13. The van der Waals surface area contributed by atoms with Crippen LogP contribution in [0.25, 0.3) is 0 Å². The molecule has 0 aromatic carbocycles. The van der Waals surface area contributed by atoms with E-state index < -0.39 is 75.7 Å². The maximum Gasteiger partial charge on any atom is 0.472 e. The molecule has 348 valence electrons. The van der Waals surface area contributed by atoms with Gasteiger partial charge in [0, 0.05) is 12.8 Å². The van der Waals surface area contributed by atoms with Gasteiger partial charge in [-0.15, -0.1) is 0 Å². The van der Waals surface area contributed by atoms with Gasteiger partial charge in [-0.25, -0.2) is 4.57 Å². The summed E-state index contributed by atoms with van der Waals surface area (Å²) in [4.78, 5) is 35.6. The summed E-state index contributed by atoms with van der Waals surface area (Å²) in [5.41, 5.74) is 0. The molecule has 1 aliphatic rings. The zero-order valence-corrected chi connectivity index (χ0v) is 37.6. The molecule has 0 aromatic heterocycles. The van der Waals surface area contributed by atoms with Gasteiger partial charge in [0.25, 0.3) is 0 Å². The highest BCUT2D eigenvalue weighted by molar-refractivity contribution is 7.47. The molecule has 6 unspecified atom stereocenters. The van der Waals surface area contributed by atoms with Crippen molar-refractivity contribution in [3.8, 4) is 0 Å². The predicted octanol–water partition coefficient (Wildman–Crippen LogP) is 8.78. The number of ether oxygens (including phenoxy) is 2. The first-order valence-electron chi connectivity index (χ1n) is 22.9. The molecule has 0 amide bonds. The number of hydrogen-bond acceptors (Lipinski definition) is 12. The number of phosphoric acid groups is 1. The van der Waals surface area contributed by atoms with E-state index in [-0.39, 0.29) is 12.8 Å². The van der Waals surface area contributed by atoms with E-state index in [1.165, 1.54) is 83.5 Å². The number of carbonyl (C=O) groups is 2. The van der Waals surface area contributed by atoms with Gasteiger partial charge in [-0.1, -0.05) is 159 Å². The molecular formula is C46H81O13P. The summed E-state index contributed by atoms with van der Waals surface area (Å²) in [7, 11) is -5.13. The van der Waals surface area contributed by atoms with Crippen LogP contribution >= 0.6 is 7.82 Å². The van der Waals surface area contributed by atoms with Crippen LogP contribution in [0.3, 0.4) is 0 Å². The van der Waals surface area contributed by atoms with Crippen LogP contribution in [0.1, 0.15) is 174 Å². The maximum atomic E-state index is 12.8. The smallest absolute Gasteiger partial charge is 0.462 e. The zero-order valence-electron chi connectivity index (χ0n) is 36.7. The van der Waals surface area contributed by atoms with Gasteiger partial charge in [0.2, 0.25) is 0 Å². The summed E-state index contributed by atoms with van der Waals surface area (Å²) >= 11 is 0. The normalized spacial score (nSPS) is 22.6. The first kappa shape index (κ1) is 55.8. The van der Waals surface area contributed by atoms with Crippen LogP contribution in [0, 0.1) is 0 Å². The lowest BCUT2D eigenvalue weighted by Gasteiger charge is -2.41. The van der Waals surface area contributed by atoms with Crippen molar-refractivity contribution >= 4 is 19.8 Å². The summed E-state index contributed by atoms with van der Waals surface area (Å²) in [5.74, 6) is -1.17. The van der Waals surface area contributed by atoms with E-state index in [4.69, 9.17) is 18.5 Å². The molecule has 0 saturated heterocycles. The highest BCUT2D eigenvalue weighted by Gasteiger charge is 2.51. The van der Waals surface area contributed by atoms with Crippen molar-refractivity contribution in [3.63, 3.8) is 0 Å². The molecule has 0 heterocycles. The second kappa shape index (κ2) is 36.3. The lowest BCUT2D eigenvalue weighted by atomic mass is 9.85. The van der Waals surface area contributed by atoms with Gasteiger partial charge in [-0.2, -0.15) is 0 Å². The highest BCUT2D eigenvalue weighted by atomic mass is 31.2. The van der Waals surface area contributed by atoms with Crippen molar-refractivity contribution < 1.29 is 63.1 Å². The number of carbonyl (C=O) groups excluding carboxylic acids is 2. The molecule has 0 bridgehead atoms. The Balaban J connectivity index is 2.49. The minimum Gasteiger partial charge on any atom is -0.462 e. The number of unbranched alkanes of at least 4 members (excludes halogenated alkanes) is 17. The van der Waals surface area contributed by atoms with E-state index in [0.29, 0.717) is 19.3 Å². The van der Waals surface area contributed by atoms with Crippen LogP contribution < -0.4 is 0 Å². The Bertz CT molecular complexity index is 1240. The van der Waals surface area contributed by atoms with Crippen molar-refractivity contribution in [3.05, 3.63) is 48.6 Å². The second-order valence-corrected chi connectivity index (χ2v) is 17.3. The number of esters is 2. The number of allylic oxidation sites excluding steroid dienone is 8. The number of rotatable bonds is 37. The van der Waals surface area contributed by atoms with E-state index in [9.17, 15) is 44.6 Å². The molecule has 60 heavy (non-hydrogen) atoms. The third kappa shape index (κ3) is 28.4. The molecule has 0 aromatic rings. The molecule has 8 atom stereocenters. The molecule has 1 saturated carbocycles. The molecule has 6 N–H and O–H groups in total. The molecular weight excluding hydrogens is 791 g/mol. The van der Waals surface area contributed by atoms with Crippen LogP contribution in [-0.2, 0) is 32.7 Å². The molecule has 0 aliphatic heterocycles. The summed E-state index contributed by atoms with van der Waals surface area (Å²) < 4.78 is 33.4. The summed E-state index contributed by atoms with van der Waals surface area (Å²) in [6, 6.07) is 0. The Hall–Kier alpha value is -2.19.